The van der Waals surface area contributed by atoms with Gasteiger partial charge in [-0.15, -0.1) is 0 Å². The number of benzene rings is 2. The molecule has 8 nitrogen and oxygen atoms in total. The Morgan fingerprint density at radius 1 is 0.318 bits per heavy atom. The molecule has 0 atom stereocenters. The minimum absolute atomic E-state index is 0.0834. The first kappa shape index (κ1) is 129. The molecule has 0 unspecified atom stereocenters. The molecule has 0 bridgehead atoms. The van der Waals surface area contributed by atoms with Crippen molar-refractivity contribution in [3.05, 3.63) is 70.8 Å². The van der Waals surface area contributed by atoms with Crippen molar-refractivity contribution >= 4 is 830 Å². The Bertz CT molecular complexity index is 2330. The van der Waals surface area contributed by atoms with E-state index in [0.29, 0.717) is 18.8 Å². The van der Waals surface area contributed by atoms with Gasteiger partial charge in [-0.25, -0.2) is 9.59 Å². The Labute approximate surface area is 923 Å². The third-order valence-electron chi connectivity index (χ3n) is 5.66. The molecule has 0 radical (unpaired) electrons. The standard InChI is InChI=1S/C10H10O4.C9H8O4.I61/c1-14-9(11)6-7-2-4-8(5-3-7)10(12)13;10-8(11)5-6-1-3-7(4-2-6)9(12)13;1-32-34(4)36(6)38(8)40(10)42(12)44(14)46(16)48(18)50(20)52(22)54(24)56(26)58(28)60(30)61(31)59(29)57(27)55(25)53(23)51(21)49(19)47(17)45(15)43(13)41(11)39(9)37(7)35(5)33(2)3/h2-5H,6H2,1H3,(H,12,13);1-4H,5H2,(H,10,11)(H,12,13);/q;;-1. The van der Waals surface area contributed by atoms with Crippen LogP contribution >= 0.6 is 806 Å². The maximum absolute atomic E-state index is 10.9. The van der Waals surface area contributed by atoms with E-state index < -0.39 is 247 Å². The zero-order valence-electron chi connectivity index (χ0n) is 37.5. The van der Waals surface area contributed by atoms with E-state index in [9.17, 15) is 19.2 Å². The monoisotopic (exact) mass is 8120 g/mol. The topological polar surface area (TPSA) is 138 Å². The fourth-order valence-electron chi connectivity index (χ4n) is 2.79. The summed E-state index contributed by atoms with van der Waals surface area (Å²) >= 11 is 103. The van der Waals surface area contributed by atoms with Gasteiger partial charge < -0.3 is 20.1 Å². The second kappa shape index (κ2) is 76.6. The second-order valence-corrected chi connectivity index (χ2v) is 1440. The van der Waals surface area contributed by atoms with E-state index in [4.69, 9.17) is 15.3 Å². The molecule has 69 heteroatoms. The number of carbonyl (C=O) groups excluding carboxylic acids is 1. The van der Waals surface area contributed by atoms with Crippen molar-refractivity contribution in [2.24, 2.45) is 0 Å². The van der Waals surface area contributed by atoms with E-state index in [1.807, 2.05) is 0 Å². The van der Waals surface area contributed by atoms with E-state index in [-0.39, 0.29) is 29.9 Å². The summed E-state index contributed by atoms with van der Waals surface area (Å²) in [6.07, 6.45) is 0.0797. The van der Waals surface area contributed by atoms with Crippen LogP contribution in [0.15, 0.2) is 48.5 Å². The third kappa shape index (κ3) is 54.0. The molecule has 0 aromatic heterocycles. The first-order valence-electron chi connectivity index (χ1n) is 16.2. The number of esters is 1. The molecular weight excluding hydrogens is 8100 g/mol. The largest absolute Gasteiger partial charge is 0.481 e. The van der Waals surface area contributed by atoms with Crippen molar-refractivity contribution in [1.29, 1.82) is 0 Å². The molecule has 0 aliphatic carbocycles. The number of methoxy groups -OCH3 is 1. The molecular formula is C19H18I61O8-. The van der Waals surface area contributed by atoms with Crippen LogP contribution in [0.25, 0.3) is 0 Å². The third-order valence-corrected chi connectivity index (χ3v) is 4710. The number of rotatable bonds is 35. The Morgan fingerprint density at radius 2 is 0.500 bits per heavy atom. The molecule has 88 heavy (non-hydrogen) atoms. The SMILES string of the molecule is COC(=O)Cc1ccc(C(=O)O)cc1.I[I-]I(I)I(I)I(I)I(I)I(I)I(I)I(I)I(I)I(I)I(I)I(I)I(I)I(I)I(I)I(I)I(I)I(I)I(I)I(I)I(I)I(I)I(I)I(I)I(I)I(I)I(I)I(I)I(I)I(I)I.O=C(O)Cc1ccc(C(=O)O)cc1. The maximum atomic E-state index is 10.9. The number of carboxylic acids is 3. The number of carboxylic acid groups (broad SMARTS) is 3. The van der Waals surface area contributed by atoms with Crippen LogP contribution < -0.4 is 13.3 Å². The van der Waals surface area contributed by atoms with Gasteiger partial charge in [-0.1, -0.05) is 24.3 Å². The van der Waals surface area contributed by atoms with Gasteiger partial charge in [0.15, 0.2) is 0 Å². The first-order chi connectivity index (χ1) is 40.5. The van der Waals surface area contributed by atoms with Crippen LogP contribution in [0.2, 0.25) is 0 Å². The van der Waals surface area contributed by atoms with Gasteiger partial charge in [-0.3, -0.25) is 9.59 Å². The zero-order valence-corrected chi connectivity index (χ0v) is 169. The molecule has 0 aliphatic heterocycles. The van der Waals surface area contributed by atoms with Crippen LogP contribution in [-0.2, 0) is 27.2 Å². The molecule has 0 amide bonds. The summed E-state index contributed by atoms with van der Waals surface area (Å²) in [6.45, 7) is 0. The predicted octanol–water partition coefficient (Wildman–Crippen LogP) is 52.3. The molecule has 3 N–H and O–H groups in total. The summed E-state index contributed by atoms with van der Waals surface area (Å²) in [5.41, 5.74) is 1.70. The molecule has 2 aromatic carbocycles. The van der Waals surface area contributed by atoms with Gasteiger partial charge in [-0.05, 0) is 35.4 Å². The minimum Gasteiger partial charge on any atom is -0.481 e. The maximum Gasteiger partial charge on any atom is 0.335 e. The van der Waals surface area contributed by atoms with E-state index in [0.717, 1.165) is 5.56 Å². The summed E-state index contributed by atoms with van der Waals surface area (Å²) < 4.78 is 4.48. The van der Waals surface area contributed by atoms with Crippen LogP contribution in [0.4, 0.5) is 0 Å². The minimum atomic E-state index is -1.01. The summed E-state index contributed by atoms with van der Waals surface area (Å²) in [6, 6.07) is 11.9. The number of aromatic carboxylic acids is 2. The van der Waals surface area contributed by atoms with Gasteiger partial charge in [0.05, 0.1) is 31.1 Å². The predicted molar refractivity (Wildman–Crippen MR) is 935 cm³/mol. The van der Waals surface area contributed by atoms with Crippen molar-refractivity contribution in [1.82, 2.24) is 0 Å². The van der Waals surface area contributed by atoms with Crippen LogP contribution in [-0.4, -0.2) is 46.3 Å². The van der Waals surface area contributed by atoms with Gasteiger partial charge in [0, 0.05) is 0 Å². The van der Waals surface area contributed by atoms with Crippen LogP contribution in [0, 0.1) is 0 Å². The Morgan fingerprint density at radius 3 is 0.659 bits per heavy atom. The molecule has 0 saturated heterocycles. The first-order valence-corrected chi connectivity index (χ1v) is 393. The van der Waals surface area contributed by atoms with Crippen LogP contribution in [0.3, 0.4) is 0 Å². The fourth-order valence-corrected chi connectivity index (χ4v) is 11500. The van der Waals surface area contributed by atoms with Crippen molar-refractivity contribution in [2.45, 2.75) is 12.8 Å². The molecule has 0 heterocycles. The Kier molecular flexibility index (Phi) is 112. The summed E-state index contributed by atoms with van der Waals surface area (Å²) in [5, 5.41) is 25.6. The van der Waals surface area contributed by atoms with E-state index in [1.54, 1.807) is 12.1 Å². The molecule has 0 spiro atoms. The molecule has 2 rings (SSSR count). The summed E-state index contributed by atoms with van der Waals surface area (Å²) in [4.78, 5) is 42.0. The van der Waals surface area contributed by atoms with Crippen LogP contribution in [0.1, 0.15) is 31.8 Å². The molecule has 0 saturated carbocycles. The Balaban J connectivity index is 0.00000225. The van der Waals surface area contributed by atoms with E-state index in [1.165, 1.54) is 43.5 Å². The summed E-state index contributed by atoms with van der Waals surface area (Å²) in [7, 11) is -14.7. The van der Waals surface area contributed by atoms with Crippen molar-refractivity contribution in [3.63, 3.8) is 0 Å². The second-order valence-electron chi connectivity index (χ2n) is 10.1. The van der Waals surface area contributed by atoms with Crippen LogP contribution in [0.5, 0.6) is 0 Å². The number of halogens is 61. The fraction of sp³-hybridized carbons (Fsp3) is 0.158. The number of hydrogen-bond donors (Lipinski definition) is 3. The number of hydrogen-bond acceptors (Lipinski definition) is 5. The van der Waals surface area contributed by atoms with Crippen molar-refractivity contribution < 1.29 is 52.5 Å². The summed E-state index contributed by atoms with van der Waals surface area (Å²) in [5.74, 6) is -3.26. The Hall–Kier alpha value is 40.8. The molecule has 0 aliphatic rings. The number of aliphatic carboxylic acids is 1. The number of ether oxygens (including phenoxy) is 1. The zero-order chi connectivity index (χ0) is 68.8. The molecule has 0 fully saturated rings. The van der Waals surface area contributed by atoms with Gasteiger partial charge in [-0.2, -0.15) is 0 Å². The van der Waals surface area contributed by atoms with Gasteiger partial charge in [0.2, 0.25) is 0 Å². The average Bonchev–Trinajstić information content (AvgIpc) is 3.53. The van der Waals surface area contributed by atoms with Crippen molar-refractivity contribution in [2.75, 3.05) is 7.11 Å². The molecule has 2 aromatic rings. The van der Waals surface area contributed by atoms with Crippen molar-refractivity contribution in [3.8, 4) is 0 Å². The average molecular weight is 8120 g/mol. The normalized spacial score (nSPS) is 16.0. The van der Waals surface area contributed by atoms with Gasteiger partial charge in [0.25, 0.3) is 0 Å². The quantitative estimate of drug-likeness (QED) is 0.0458. The smallest absolute Gasteiger partial charge is 0.335 e. The molecule has 570 valence electrons. The van der Waals surface area contributed by atoms with E-state index in [2.05, 4.69) is 582 Å². The number of carbonyl (C=O) groups is 4. The van der Waals surface area contributed by atoms with E-state index >= 15 is 0 Å². The van der Waals surface area contributed by atoms with Gasteiger partial charge in [0.1, 0.15) is 0 Å². The van der Waals surface area contributed by atoms with Gasteiger partial charge >= 0.3 is 843 Å².